The van der Waals surface area contributed by atoms with E-state index in [0.717, 1.165) is 41.5 Å². The lowest BCUT2D eigenvalue weighted by atomic mass is 10.1. The summed E-state index contributed by atoms with van der Waals surface area (Å²) in [6, 6.07) is 12.9. The summed E-state index contributed by atoms with van der Waals surface area (Å²) in [5, 5.41) is 5.76. The van der Waals surface area contributed by atoms with Crippen LogP contribution in [0.2, 0.25) is 15.1 Å². The van der Waals surface area contributed by atoms with Gasteiger partial charge in [0.25, 0.3) is 0 Å². The number of carbonyl (C=O) groups is 1. The molecule has 1 aliphatic heterocycles. The fourth-order valence-electron chi connectivity index (χ4n) is 3.65. The minimum Gasteiger partial charge on any atom is -0.354 e. The molecule has 0 spiro atoms. The fraction of sp³-hybridized carbons (Fsp3) is 0.318. The summed E-state index contributed by atoms with van der Waals surface area (Å²) in [6.45, 7) is 1.32. The van der Waals surface area contributed by atoms with Crippen molar-refractivity contribution in [2.75, 3.05) is 18.0 Å². The topological polar surface area (TPSA) is 58.1 Å². The van der Waals surface area contributed by atoms with Crippen LogP contribution in [0.3, 0.4) is 0 Å². The lowest BCUT2D eigenvalue weighted by Crippen LogP contribution is -2.44. The van der Waals surface area contributed by atoms with Gasteiger partial charge in [0.05, 0.1) is 0 Å². The van der Waals surface area contributed by atoms with Gasteiger partial charge in [-0.25, -0.2) is 4.98 Å². The zero-order valence-electron chi connectivity index (χ0n) is 16.7. The largest absolute Gasteiger partial charge is 0.354 e. The van der Waals surface area contributed by atoms with Gasteiger partial charge in [0.2, 0.25) is 11.0 Å². The molecule has 1 aromatic heterocycles. The molecule has 1 aliphatic rings. The Morgan fingerprint density at radius 1 is 1.13 bits per heavy atom. The third-order valence-corrected chi connectivity index (χ3v) is 6.87. The van der Waals surface area contributed by atoms with Crippen LogP contribution in [0.5, 0.6) is 0 Å². The highest BCUT2D eigenvalue weighted by Gasteiger charge is 2.32. The van der Waals surface area contributed by atoms with Crippen molar-refractivity contribution in [2.45, 2.75) is 31.7 Å². The Bertz CT molecular complexity index is 1060. The van der Waals surface area contributed by atoms with Gasteiger partial charge >= 0.3 is 0 Å². The molecule has 0 saturated carbocycles. The molecule has 5 nitrogen and oxygen atoms in total. The van der Waals surface area contributed by atoms with Gasteiger partial charge < -0.3 is 10.2 Å². The molecule has 0 bridgehead atoms. The molecule has 2 heterocycles. The summed E-state index contributed by atoms with van der Waals surface area (Å²) < 4.78 is 4.49. The molecule has 162 valence electrons. The molecule has 0 aliphatic carbocycles. The van der Waals surface area contributed by atoms with Gasteiger partial charge in [-0.2, -0.15) is 4.37 Å². The van der Waals surface area contributed by atoms with Crippen LogP contribution in [-0.2, 0) is 17.6 Å². The molecule has 1 atom stereocenters. The number of amides is 1. The first-order valence-corrected chi connectivity index (χ1v) is 12.0. The first-order valence-electron chi connectivity index (χ1n) is 10.0. The Morgan fingerprint density at radius 3 is 2.68 bits per heavy atom. The number of halogens is 3. The molecule has 2 aromatic carbocycles. The van der Waals surface area contributed by atoms with E-state index in [1.807, 2.05) is 30.3 Å². The quantitative estimate of drug-likeness (QED) is 0.476. The van der Waals surface area contributed by atoms with Crippen LogP contribution in [0, 0.1) is 0 Å². The molecule has 4 rings (SSSR count). The Kier molecular flexibility index (Phi) is 7.33. The number of carbonyl (C=O) groups excluding carboxylic acids is 1. The second-order valence-electron chi connectivity index (χ2n) is 7.42. The third kappa shape index (κ3) is 5.69. The number of rotatable bonds is 7. The highest BCUT2D eigenvalue weighted by Crippen LogP contribution is 2.28. The predicted octanol–water partition coefficient (Wildman–Crippen LogP) is 5.42. The summed E-state index contributed by atoms with van der Waals surface area (Å²) in [5.74, 6) is 0.766. The zero-order valence-corrected chi connectivity index (χ0v) is 19.7. The van der Waals surface area contributed by atoms with Crippen LogP contribution in [0.15, 0.2) is 42.5 Å². The smallest absolute Gasteiger partial charge is 0.242 e. The van der Waals surface area contributed by atoms with E-state index in [-0.39, 0.29) is 11.9 Å². The average Bonchev–Trinajstić information content (AvgIpc) is 3.40. The van der Waals surface area contributed by atoms with Crippen molar-refractivity contribution in [1.82, 2.24) is 14.7 Å². The van der Waals surface area contributed by atoms with E-state index < -0.39 is 0 Å². The molecular weight excluding hydrogens is 475 g/mol. The van der Waals surface area contributed by atoms with Crippen molar-refractivity contribution in [3.63, 3.8) is 0 Å². The number of anilines is 1. The lowest BCUT2D eigenvalue weighted by molar-refractivity contribution is -0.122. The number of hydrogen-bond acceptors (Lipinski definition) is 5. The maximum Gasteiger partial charge on any atom is 0.242 e. The first kappa shape index (κ1) is 22.3. The Morgan fingerprint density at radius 2 is 1.90 bits per heavy atom. The van der Waals surface area contributed by atoms with Crippen molar-refractivity contribution in [1.29, 1.82) is 0 Å². The third-order valence-electron chi connectivity index (χ3n) is 5.24. The summed E-state index contributed by atoms with van der Waals surface area (Å²) in [4.78, 5) is 19.6. The number of aromatic nitrogens is 2. The van der Waals surface area contributed by atoms with Gasteiger partial charge in [-0.15, -0.1) is 0 Å². The lowest BCUT2D eigenvalue weighted by Gasteiger charge is -2.22. The van der Waals surface area contributed by atoms with Crippen LogP contribution in [0.4, 0.5) is 5.13 Å². The minimum atomic E-state index is -0.225. The second kappa shape index (κ2) is 10.2. The van der Waals surface area contributed by atoms with Crippen molar-refractivity contribution in [2.24, 2.45) is 0 Å². The minimum absolute atomic E-state index is 0.0111. The van der Waals surface area contributed by atoms with E-state index >= 15 is 0 Å². The van der Waals surface area contributed by atoms with Gasteiger partial charge in [-0.3, -0.25) is 4.79 Å². The number of hydrogen-bond donors (Lipinski definition) is 1. The number of nitrogens with one attached hydrogen (secondary N) is 1. The number of nitrogens with zero attached hydrogens (tertiary/aromatic N) is 3. The Labute approximate surface area is 200 Å². The molecule has 1 fully saturated rings. The van der Waals surface area contributed by atoms with Gasteiger partial charge in [0.1, 0.15) is 11.9 Å². The molecule has 31 heavy (non-hydrogen) atoms. The molecule has 3 aromatic rings. The molecule has 9 heteroatoms. The van der Waals surface area contributed by atoms with E-state index in [9.17, 15) is 4.79 Å². The molecular formula is C22H21Cl3N4OS. The van der Waals surface area contributed by atoms with E-state index in [2.05, 4.69) is 19.6 Å². The van der Waals surface area contributed by atoms with Crippen LogP contribution in [-0.4, -0.2) is 34.4 Å². The van der Waals surface area contributed by atoms with E-state index in [4.69, 9.17) is 34.8 Å². The molecule has 1 unspecified atom stereocenters. The Hall–Kier alpha value is -1.86. The van der Waals surface area contributed by atoms with E-state index in [1.165, 1.54) is 11.5 Å². The maximum absolute atomic E-state index is 12.8. The van der Waals surface area contributed by atoms with Crippen LogP contribution in [0.25, 0.3) is 0 Å². The Balaban J connectivity index is 1.34. The molecule has 1 N–H and O–H groups in total. The summed E-state index contributed by atoms with van der Waals surface area (Å²) in [7, 11) is 0. The summed E-state index contributed by atoms with van der Waals surface area (Å²) in [6.07, 6.45) is 3.05. The first-order chi connectivity index (χ1) is 15.0. The van der Waals surface area contributed by atoms with Crippen molar-refractivity contribution in [3.05, 3.63) is 74.5 Å². The van der Waals surface area contributed by atoms with Gasteiger partial charge in [0, 0.05) is 46.1 Å². The highest BCUT2D eigenvalue weighted by atomic mass is 35.5. The van der Waals surface area contributed by atoms with Gasteiger partial charge in [0.15, 0.2) is 0 Å². The van der Waals surface area contributed by atoms with Gasteiger partial charge in [-0.1, -0.05) is 53.0 Å². The van der Waals surface area contributed by atoms with Gasteiger partial charge in [-0.05, 0) is 54.7 Å². The van der Waals surface area contributed by atoms with Crippen LogP contribution >= 0.6 is 46.3 Å². The highest BCUT2D eigenvalue weighted by molar-refractivity contribution is 7.09. The van der Waals surface area contributed by atoms with Crippen molar-refractivity contribution >= 4 is 57.4 Å². The fourth-order valence-corrected chi connectivity index (χ4v) is 5.04. The molecule has 0 radical (unpaired) electrons. The zero-order chi connectivity index (χ0) is 21.8. The second-order valence-corrected chi connectivity index (χ2v) is 9.43. The SMILES string of the molecule is O=C(NCCc1ccc(Cl)cc1Cl)C1CCCN1c1nc(Cc2ccc(Cl)cc2)ns1. The van der Waals surface area contributed by atoms with E-state index in [0.29, 0.717) is 34.5 Å². The van der Waals surface area contributed by atoms with Crippen molar-refractivity contribution in [3.8, 4) is 0 Å². The maximum atomic E-state index is 12.8. The summed E-state index contributed by atoms with van der Waals surface area (Å²) in [5.41, 5.74) is 2.07. The van der Waals surface area contributed by atoms with Crippen LogP contribution < -0.4 is 10.2 Å². The van der Waals surface area contributed by atoms with E-state index in [1.54, 1.807) is 12.1 Å². The predicted molar refractivity (Wildman–Crippen MR) is 128 cm³/mol. The monoisotopic (exact) mass is 494 g/mol. The summed E-state index contributed by atoms with van der Waals surface area (Å²) >= 11 is 19.5. The standard InChI is InChI=1S/C22H21Cl3N4OS/c23-16-6-3-14(4-7-16)12-20-27-22(31-28-20)29-11-1-2-19(29)21(30)26-10-9-15-5-8-17(24)13-18(15)25/h3-8,13,19H,1-2,9-12H2,(H,26,30). The molecule has 1 saturated heterocycles. The molecule has 1 amide bonds. The normalized spacial score (nSPS) is 16.0. The average molecular weight is 496 g/mol. The number of benzene rings is 2. The van der Waals surface area contributed by atoms with Crippen LogP contribution in [0.1, 0.15) is 29.8 Å². The van der Waals surface area contributed by atoms with Crippen molar-refractivity contribution < 1.29 is 4.79 Å².